The lowest BCUT2D eigenvalue weighted by molar-refractivity contribution is -0.149. The highest BCUT2D eigenvalue weighted by atomic mass is 19.1. The number of methoxy groups -OCH3 is 1. The van der Waals surface area contributed by atoms with Gasteiger partial charge in [-0.1, -0.05) is 42.5 Å². The van der Waals surface area contributed by atoms with Gasteiger partial charge in [0.15, 0.2) is 6.04 Å². The first kappa shape index (κ1) is 25.2. The van der Waals surface area contributed by atoms with Crippen molar-refractivity contribution in [2.75, 3.05) is 13.7 Å². The summed E-state index contributed by atoms with van der Waals surface area (Å²) in [6, 6.07) is 13.6. The van der Waals surface area contributed by atoms with Crippen LogP contribution in [0.2, 0.25) is 0 Å². The Balaban J connectivity index is 1.90. The molecule has 2 amide bonds. The van der Waals surface area contributed by atoms with Crippen LogP contribution in [0.15, 0.2) is 54.6 Å². The lowest BCUT2D eigenvalue weighted by Crippen LogP contribution is -2.62. The molecule has 3 atom stereocenters. The number of likely N-dealkylation sites (tertiary alicyclic amines) is 1. The second-order valence-electron chi connectivity index (χ2n) is 8.35. The Morgan fingerprint density at radius 1 is 1.15 bits per heavy atom. The monoisotopic (exact) mass is 472 g/mol. The van der Waals surface area contributed by atoms with E-state index in [1.165, 1.54) is 30.0 Å². The van der Waals surface area contributed by atoms with Crippen LogP contribution in [0.1, 0.15) is 30.9 Å². The first-order valence-corrected chi connectivity index (χ1v) is 11.1. The first-order chi connectivity index (χ1) is 16.3. The summed E-state index contributed by atoms with van der Waals surface area (Å²) in [6.45, 7) is 1.61. The molecule has 1 aliphatic heterocycles. The predicted molar refractivity (Wildman–Crippen MR) is 121 cm³/mol. The maximum absolute atomic E-state index is 13.9. The minimum absolute atomic E-state index is 0.00469. The zero-order chi connectivity index (χ0) is 24.7. The Kier molecular flexibility index (Phi) is 8.22. The lowest BCUT2D eigenvalue weighted by atomic mass is 9.86. The fourth-order valence-electron chi connectivity index (χ4n) is 4.21. The van der Waals surface area contributed by atoms with Gasteiger partial charge in [-0.2, -0.15) is 0 Å². The van der Waals surface area contributed by atoms with E-state index in [0.29, 0.717) is 12.0 Å². The molecule has 182 valence electrons. The number of carbonyl (C=O) groups excluding carboxylic acids is 3. The molecule has 1 heterocycles. The van der Waals surface area contributed by atoms with Crippen LogP contribution in [0.3, 0.4) is 0 Å². The van der Waals surface area contributed by atoms with Crippen molar-refractivity contribution in [3.63, 3.8) is 0 Å². The van der Waals surface area contributed by atoms with Crippen LogP contribution in [-0.2, 0) is 32.1 Å². The molecule has 0 radical (unpaired) electrons. The molecule has 0 spiro atoms. The number of aliphatic hydroxyl groups is 1. The first-order valence-electron chi connectivity index (χ1n) is 11.1. The van der Waals surface area contributed by atoms with E-state index in [-0.39, 0.29) is 26.0 Å². The number of nitrogens with one attached hydrogen (secondary N) is 1. The predicted octanol–water partition coefficient (Wildman–Crippen LogP) is 2.58. The van der Waals surface area contributed by atoms with Crippen molar-refractivity contribution in [2.45, 2.75) is 50.5 Å². The fourth-order valence-corrected chi connectivity index (χ4v) is 4.21. The zero-order valence-corrected chi connectivity index (χ0v) is 19.2. The van der Waals surface area contributed by atoms with Crippen molar-refractivity contribution in [3.05, 3.63) is 71.5 Å². The van der Waals surface area contributed by atoms with Gasteiger partial charge in [0.05, 0.1) is 13.2 Å². The van der Waals surface area contributed by atoms with E-state index in [1.807, 2.05) is 30.3 Å². The van der Waals surface area contributed by atoms with Crippen LogP contribution in [0.4, 0.5) is 9.18 Å². The van der Waals surface area contributed by atoms with Crippen molar-refractivity contribution >= 4 is 18.0 Å². The number of benzene rings is 2. The van der Waals surface area contributed by atoms with E-state index in [9.17, 15) is 23.9 Å². The Labute approximate surface area is 197 Å². The van der Waals surface area contributed by atoms with Crippen LogP contribution in [0.5, 0.6) is 0 Å². The Hall–Kier alpha value is -3.46. The fraction of sp³-hybridized carbons (Fsp3) is 0.400. The molecule has 0 bridgehead atoms. The summed E-state index contributed by atoms with van der Waals surface area (Å²) in [7, 11) is 1.15. The number of nitrogens with zero attached hydrogens (tertiary/aromatic N) is 1. The minimum atomic E-state index is -1.44. The number of hydrogen-bond acceptors (Lipinski definition) is 6. The maximum Gasteiger partial charge on any atom is 0.411 e. The van der Waals surface area contributed by atoms with E-state index < -0.39 is 41.5 Å². The normalized spacial score (nSPS) is 19.2. The quantitative estimate of drug-likeness (QED) is 0.573. The number of aliphatic hydroxyl groups excluding tert-OH is 1. The number of ether oxygens (including phenoxy) is 2. The highest BCUT2D eigenvalue weighted by Gasteiger charge is 2.51. The Bertz CT molecular complexity index is 1020. The van der Waals surface area contributed by atoms with Crippen LogP contribution in [-0.4, -0.2) is 59.3 Å². The molecule has 2 aromatic carbocycles. The Morgan fingerprint density at radius 3 is 2.50 bits per heavy atom. The molecule has 2 N–H and O–H groups in total. The molecular formula is C25H29FN2O6. The number of halogens is 1. The Morgan fingerprint density at radius 2 is 1.85 bits per heavy atom. The summed E-state index contributed by atoms with van der Waals surface area (Å²) in [5.74, 6) is -1.94. The summed E-state index contributed by atoms with van der Waals surface area (Å²) < 4.78 is 24.1. The average molecular weight is 473 g/mol. The molecule has 0 aliphatic carbocycles. The zero-order valence-electron chi connectivity index (χ0n) is 19.2. The van der Waals surface area contributed by atoms with Crippen molar-refractivity contribution in [3.8, 4) is 0 Å². The summed E-state index contributed by atoms with van der Waals surface area (Å²) in [4.78, 5) is 40.2. The van der Waals surface area contributed by atoms with Gasteiger partial charge >= 0.3 is 12.1 Å². The number of rotatable bonds is 8. The van der Waals surface area contributed by atoms with Gasteiger partial charge in [-0.3, -0.25) is 9.69 Å². The number of hydrogen-bond donors (Lipinski definition) is 2. The van der Waals surface area contributed by atoms with Crippen LogP contribution in [0, 0.1) is 5.82 Å². The maximum atomic E-state index is 13.9. The molecule has 1 aliphatic rings. The van der Waals surface area contributed by atoms with E-state index in [2.05, 4.69) is 5.32 Å². The highest BCUT2D eigenvalue weighted by molar-refractivity contribution is 5.94. The second kappa shape index (κ2) is 11.1. The van der Waals surface area contributed by atoms with Gasteiger partial charge in [0.25, 0.3) is 0 Å². The summed E-state index contributed by atoms with van der Waals surface area (Å²) in [6.07, 6.45) is -1.16. The molecule has 34 heavy (non-hydrogen) atoms. The van der Waals surface area contributed by atoms with Crippen LogP contribution >= 0.6 is 0 Å². The average Bonchev–Trinajstić information content (AvgIpc) is 3.25. The van der Waals surface area contributed by atoms with E-state index >= 15 is 0 Å². The van der Waals surface area contributed by atoms with Crippen molar-refractivity contribution in [2.24, 2.45) is 0 Å². The van der Waals surface area contributed by atoms with Crippen LogP contribution in [0.25, 0.3) is 0 Å². The van der Waals surface area contributed by atoms with Crippen molar-refractivity contribution in [1.82, 2.24) is 10.2 Å². The number of amides is 2. The summed E-state index contributed by atoms with van der Waals surface area (Å²) in [5.41, 5.74) is -0.150. The summed E-state index contributed by atoms with van der Waals surface area (Å²) >= 11 is 0. The lowest BCUT2D eigenvalue weighted by Gasteiger charge is -2.37. The third-order valence-electron chi connectivity index (χ3n) is 5.95. The molecule has 2 aromatic rings. The van der Waals surface area contributed by atoms with Gasteiger partial charge < -0.3 is 19.9 Å². The number of carbonyl (C=O) groups is 3. The molecule has 1 saturated heterocycles. The van der Waals surface area contributed by atoms with Gasteiger partial charge in [-0.05, 0) is 43.0 Å². The van der Waals surface area contributed by atoms with Crippen molar-refractivity contribution < 1.29 is 33.4 Å². The molecule has 0 saturated carbocycles. The van der Waals surface area contributed by atoms with Gasteiger partial charge in [-0.25, -0.2) is 14.0 Å². The number of esters is 1. The van der Waals surface area contributed by atoms with E-state index in [0.717, 1.165) is 12.7 Å². The smallest absolute Gasteiger partial charge is 0.411 e. The largest absolute Gasteiger partial charge is 0.467 e. The van der Waals surface area contributed by atoms with Crippen molar-refractivity contribution in [1.29, 1.82) is 0 Å². The summed E-state index contributed by atoms with van der Waals surface area (Å²) in [5, 5.41) is 12.6. The standard InChI is InChI=1S/C25H29FN2O6/c1-17(29)21(22(30)33-2)27-23(31)25(15-19-10-6-11-20(26)14-19)12-7-13-28(25)24(32)34-16-18-8-4-3-5-9-18/h3-6,8-11,14,17,21,29H,7,12-13,15-16H2,1-2H3,(H,27,31). The van der Waals surface area contributed by atoms with Gasteiger partial charge in [-0.15, -0.1) is 0 Å². The third kappa shape index (κ3) is 5.72. The topological polar surface area (TPSA) is 105 Å². The molecule has 3 rings (SSSR count). The van der Waals surface area contributed by atoms with Gasteiger partial charge in [0.2, 0.25) is 5.91 Å². The van der Waals surface area contributed by atoms with E-state index in [1.54, 1.807) is 6.07 Å². The van der Waals surface area contributed by atoms with Gasteiger partial charge in [0, 0.05) is 13.0 Å². The molecular weight excluding hydrogens is 443 g/mol. The molecule has 3 unspecified atom stereocenters. The third-order valence-corrected chi connectivity index (χ3v) is 5.95. The molecule has 9 heteroatoms. The molecule has 8 nitrogen and oxygen atoms in total. The van der Waals surface area contributed by atoms with E-state index in [4.69, 9.17) is 9.47 Å². The highest BCUT2D eigenvalue weighted by Crippen LogP contribution is 2.34. The van der Waals surface area contributed by atoms with Gasteiger partial charge in [0.1, 0.15) is 18.0 Å². The SMILES string of the molecule is COC(=O)C(NC(=O)C1(Cc2cccc(F)c2)CCCN1C(=O)OCc1ccccc1)C(C)O. The molecule has 0 aromatic heterocycles. The second-order valence-corrected chi connectivity index (χ2v) is 8.35. The van der Waals surface area contributed by atoms with Crippen LogP contribution < -0.4 is 5.32 Å². The molecule has 1 fully saturated rings. The minimum Gasteiger partial charge on any atom is -0.467 e.